The molecule has 1 aromatic heterocycles. The van der Waals surface area contributed by atoms with E-state index in [4.69, 9.17) is 9.84 Å². The first-order valence-electron chi connectivity index (χ1n) is 8.67. The molecule has 0 aromatic carbocycles. The number of nitrogens with zero attached hydrogens (tertiary/aromatic N) is 3. The molecule has 0 aliphatic carbocycles. The number of aliphatic carboxylic acids is 1. The summed E-state index contributed by atoms with van der Waals surface area (Å²) in [5, 5.41) is 9.06. The third-order valence-electron chi connectivity index (χ3n) is 4.82. The average molecular weight is 387 g/mol. The Balaban J connectivity index is 1.73. The zero-order valence-electron chi connectivity index (χ0n) is 14.5. The number of anilines is 1. The molecule has 2 fully saturated rings. The van der Waals surface area contributed by atoms with Crippen LogP contribution in [0.5, 0.6) is 0 Å². The second kappa shape index (κ2) is 7.71. The van der Waals surface area contributed by atoms with E-state index in [1.165, 1.54) is 22.1 Å². The van der Waals surface area contributed by atoms with Gasteiger partial charge in [-0.15, -0.1) is 0 Å². The third-order valence-corrected chi connectivity index (χ3v) is 4.82. The van der Waals surface area contributed by atoms with Crippen LogP contribution in [0.1, 0.15) is 18.4 Å². The first kappa shape index (κ1) is 19.4. The van der Waals surface area contributed by atoms with Crippen molar-refractivity contribution in [1.29, 1.82) is 0 Å². The van der Waals surface area contributed by atoms with Gasteiger partial charge in [0.1, 0.15) is 5.82 Å². The Kier molecular flexibility index (Phi) is 5.54. The maximum atomic E-state index is 13.3. The van der Waals surface area contributed by atoms with Gasteiger partial charge in [-0.25, -0.2) is 9.78 Å². The highest BCUT2D eigenvalue weighted by Crippen LogP contribution is 2.36. The van der Waals surface area contributed by atoms with Gasteiger partial charge in [0.25, 0.3) is 0 Å². The number of morpholine rings is 1. The summed E-state index contributed by atoms with van der Waals surface area (Å²) in [6.07, 6.45) is -3.21. The number of ether oxygens (including phenoxy) is 1. The van der Waals surface area contributed by atoms with Crippen molar-refractivity contribution in [2.75, 3.05) is 37.7 Å². The molecule has 3 heterocycles. The van der Waals surface area contributed by atoms with Crippen LogP contribution in [-0.4, -0.2) is 65.8 Å². The van der Waals surface area contributed by atoms with Gasteiger partial charge in [0.15, 0.2) is 6.10 Å². The summed E-state index contributed by atoms with van der Waals surface area (Å²) >= 11 is 0. The molecule has 0 unspecified atom stereocenters. The fourth-order valence-electron chi connectivity index (χ4n) is 3.50. The van der Waals surface area contributed by atoms with Crippen molar-refractivity contribution in [3.63, 3.8) is 0 Å². The number of amides is 1. The lowest BCUT2D eigenvalue weighted by Gasteiger charge is -2.38. The molecule has 0 bridgehead atoms. The second-order valence-corrected chi connectivity index (χ2v) is 6.64. The van der Waals surface area contributed by atoms with E-state index in [-0.39, 0.29) is 38.0 Å². The van der Waals surface area contributed by atoms with E-state index in [1.807, 2.05) is 0 Å². The van der Waals surface area contributed by atoms with Crippen LogP contribution in [-0.2, 0) is 20.5 Å². The SMILES string of the molecule is O=C(O)[C@@H]1CN(C(=O)[C@@H]2CCCN(c3ncccc3C(F)(F)F)C2)CCO1. The molecule has 148 valence electrons. The van der Waals surface area contributed by atoms with E-state index in [2.05, 4.69) is 4.98 Å². The Bertz CT molecular complexity index is 713. The van der Waals surface area contributed by atoms with Gasteiger partial charge < -0.3 is 19.6 Å². The molecule has 7 nitrogen and oxygen atoms in total. The van der Waals surface area contributed by atoms with Gasteiger partial charge in [0.05, 0.1) is 24.6 Å². The maximum Gasteiger partial charge on any atom is 0.419 e. The highest BCUT2D eigenvalue weighted by atomic mass is 19.4. The summed E-state index contributed by atoms with van der Waals surface area (Å²) in [6.45, 7) is 0.842. The van der Waals surface area contributed by atoms with Crippen molar-refractivity contribution in [2.45, 2.75) is 25.1 Å². The Labute approximate surface area is 153 Å². The number of piperidine rings is 1. The van der Waals surface area contributed by atoms with Crippen LogP contribution in [0, 0.1) is 5.92 Å². The van der Waals surface area contributed by atoms with Crippen molar-refractivity contribution in [3.05, 3.63) is 23.9 Å². The minimum absolute atomic E-state index is 0.0535. The molecule has 10 heteroatoms. The molecule has 3 rings (SSSR count). The standard InChI is InChI=1S/C17H20F3N3O4/c18-17(19,20)12-4-1-5-21-14(12)22-6-2-3-11(9-22)15(24)23-7-8-27-13(10-23)16(25)26/h1,4-5,11,13H,2-3,6-10H2,(H,25,26)/t11-,13+/m1/s1. The number of halogens is 3. The van der Waals surface area contributed by atoms with E-state index in [9.17, 15) is 22.8 Å². The molecule has 1 N–H and O–H groups in total. The summed E-state index contributed by atoms with van der Waals surface area (Å²) in [7, 11) is 0. The highest BCUT2D eigenvalue weighted by Gasteiger charge is 2.38. The van der Waals surface area contributed by atoms with E-state index >= 15 is 0 Å². The van der Waals surface area contributed by atoms with Crippen molar-refractivity contribution >= 4 is 17.7 Å². The van der Waals surface area contributed by atoms with Gasteiger partial charge in [-0.1, -0.05) is 0 Å². The lowest BCUT2D eigenvalue weighted by Crippen LogP contribution is -2.52. The molecule has 2 aliphatic rings. The maximum absolute atomic E-state index is 13.3. The number of carbonyl (C=O) groups excluding carboxylic acids is 1. The first-order valence-corrected chi connectivity index (χ1v) is 8.67. The fourth-order valence-corrected chi connectivity index (χ4v) is 3.50. The van der Waals surface area contributed by atoms with E-state index in [1.54, 1.807) is 0 Å². The van der Waals surface area contributed by atoms with Crippen molar-refractivity contribution in [3.8, 4) is 0 Å². The number of pyridine rings is 1. The molecular formula is C17H20F3N3O4. The number of carbonyl (C=O) groups is 2. The summed E-state index contributed by atoms with van der Waals surface area (Å²) in [6, 6.07) is 2.21. The monoisotopic (exact) mass is 387 g/mol. The Morgan fingerprint density at radius 2 is 2.04 bits per heavy atom. The van der Waals surface area contributed by atoms with Crippen molar-refractivity contribution in [1.82, 2.24) is 9.88 Å². The number of hydrogen-bond acceptors (Lipinski definition) is 5. The van der Waals surface area contributed by atoms with Gasteiger partial charge in [-0.2, -0.15) is 13.2 Å². The molecule has 27 heavy (non-hydrogen) atoms. The van der Waals surface area contributed by atoms with Gasteiger partial charge in [-0.3, -0.25) is 4.79 Å². The number of hydrogen-bond donors (Lipinski definition) is 1. The van der Waals surface area contributed by atoms with Gasteiger partial charge in [-0.05, 0) is 25.0 Å². The quantitative estimate of drug-likeness (QED) is 0.849. The van der Waals surface area contributed by atoms with E-state index in [0.717, 1.165) is 6.07 Å². The molecule has 1 aromatic rings. The molecule has 1 amide bonds. The first-order chi connectivity index (χ1) is 12.8. The van der Waals surface area contributed by atoms with Crippen molar-refractivity contribution in [2.24, 2.45) is 5.92 Å². The minimum atomic E-state index is -4.53. The van der Waals surface area contributed by atoms with Crippen LogP contribution in [0.25, 0.3) is 0 Å². The predicted molar refractivity (Wildman–Crippen MR) is 88.1 cm³/mol. The van der Waals surface area contributed by atoms with Gasteiger partial charge >= 0.3 is 12.1 Å². The topological polar surface area (TPSA) is 83.0 Å². The van der Waals surface area contributed by atoms with Crippen LogP contribution in [0.2, 0.25) is 0 Å². The van der Waals surface area contributed by atoms with Crippen LogP contribution >= 0.6 is 0 Å². The molecular weight excluding hydrogens is 367 g/mol. The number of rotatable bonds is 3. The van der Waals surface area contributed by atoms with Crippen LogP contribution in [0.15, 0.2) is 18.3 Å². The van der Waals surface area contributed by atoms with Crippen molar-refractivity contribution < 1.29 is 32.6 Å². The molecule has 2 aliphatic heterocycles. The fraction of sp³-hybridized carbons (Fsp3) is 0.588. The molecule has 0 radical (unpaired) electrons. The van der Waals surface area contributed by atoms with Crippen LogP contribution < -0.4 is 4.90 Å². The largest absolute Gasteiger partial charge is 0.479 e. The Morgan fingerprint density at radius 1 is 1.26 bits per heavy atom. The van der Waals surface area contributed by atoms with Gasteiger partial charge in [0.2, 0.25) is 5.91 Å². The highest BCUT2D eigenvalue weighted by molar-refractivity contribution is 5.81. The zero-order chi connectivity index (χ0) is 19.6. The van der Waals surface area contributed by atoms with Crippen LogP contribution in [0.4, 0.5) is 19.0 Å². The van der Waals surface area contributed by atoms with Crippen LogP contribution in [0.3, 0.4) is 0 Å². The zero-order valence-corrected chi connectivity index (χ0v) is 14.5. The molecule has 0 saturated carbocycles. The lowest BCUT2D eigenvalue weighted by molar-refractivity contribution is -0.160. The normalized spacial score (nSPS) is 24.0. The third kappa shape index (κ3) is 4.32. The summed E-state index contributed by atoms with van der Waals surface area (Å²) in [5.41, 5.74) is -0.824. The minimum Gasteiger partial charge on any atom is -0.479 e. The lowest BCUT2D eigenvalue weighted by atomic mass is 9.95. The molecule has 2 atom stereocenters. The summed E-state index contributed by atoms with van der Waals surface area (Å²) < 4.78 is 44.9. The Hall–Kier alpha value is -2.36. The smallest absolute Gasteiger partial charge is 0.419 e. The number of carboxylic acids is 1. The number of aromatic nitrogens is 1. The molecule has 0 spiro atoms. The van der Waals surface area contributed by atoms with E-state index in [0.29, 0.717) is 19.4 Å². The summed E-state index contributed by atoms with van der Waals surface area (Å²) in [5.74, 6) is -2.07. The number of alkyl halides is 3. The molecule has 2 saturated heterocycles. The average Bonchev–Trinajstić information content (AvgIpc) is 2.67. The number of carboxylic acid groups (broad SMARTS) is 1. The second-order valence-electron chi connectivity index (χ2n) is 6.64. The summed E-state index contributed by atoms with van der Waals surface area (Å²) in [4.78, 5) is 30.7. The van der Waals surface area contributed by atoms with E-state index < -0.39 is 29.7 Å². The Morgan fingerprint density at radius 3 is 2.74 bits per heavy atom. The van der Waals surface area contributed by atoms with Gasteiger partial charge in [0, 0.05) is 25.8 Å². The predicted octanol–water partition coefficient (Wildman–Crippen LogP) is 1.63.